The standard InChI is InChI=1S/C11H14N2O4S/c1-6(14)12-10-3-2-9(18-10)11(17)13-4-7(15)8(16)5-13/h2-3,7-8,15-16H,4-5H2,1H3,(H,12,14)/t7-,8+. The molecule has 0 bridgehead atoms. The minimum absolute atomic E-state index is 0.132. The highest BCUT2D eigenvalue weighted by atomic mass is 32.1. The van der Waals surface area contributed by atoms with Crippen molar-refractivity contribution in [2.75, 3.05) is 18.4 Å². The van der Waals surface area contributed by atoms with Gasteiger partial charge in [0.05, 0.1) is 22.1 Å². The molecule has 0 unspecified atom stereocenters. The third kappa shape index (κ3) is 2.69. The Labute approximate surface area is 108 Å². The van der Waals surface area contributed by atoms with E-state index in [9.17, 15) is 19.8 Å². The molecule has 1 aliphatic heterocycles. The Balaban J connectivity index is 2.05. The molecular formula is C11H14N2O4S. The second-order valence-electron chi connectivity index (χ2n) is 4.19. The van der Waals surface area contributed by atoms with E-state index in [1.807, 2.05) is 0 Å². The lowest BCUT2D eigenvalue weighted by Crippen LogP contribution is -2.29. The van der Waals surface area contributed by atoms with Gasteiger partial charge in [0.2, 0.25) is 5.91 Å². The maximum atomic E-state index is 12.0. The molecule has 2 heterocycles. The molecule has 1 aromatic heterocycles. The molecule has 1 aromatic rings. The molecule has 3 N–H and O–H groups in total. The smallest absolute Gasteiger partial charge is 0.264 e. The van der Waals surface area contributed by atoms with Crippen LogP contribution in [0.1, 0.15) is 16.6 Å². The van der Waals surface area contributed by atoms with E-state index >= 15 is 0 Å². The van der Waals surface area contributed by atoms with Crippen molar-refractivity contribution in [1.29, 1.82) is 0 Å². The summed E-state index contributed by atoms with van der Waals surface area (Å²) in [5.74, 6) is -0.435. The lowest BCUT2D eigenvalue weighted by atomic mass is 10.3. The van der Waals surface area contributed by atoms with Crippen LogP contribution in [-0.2, 0) is 4.79 Å². The van der Waals surface area contributed by atoms with Gasteiger partial charge in [-0.15, -0.1) is 11.3 Å². The molecule has 0 radical (unpaired) electrons. The van der Waals surface area contributed by atoms with Gasteiger partial charge in [-0.05, 0) is 12.1 Å². The van der Waals surface area contributed by atoms with E-state index in [2.05, 4.69) is 5.32 Å². The SMILES string of the molecule is CC(=O)Nc1ccc(C(=O)N2C[C@@H](O)[C@@H](O)C2)s1. The highest BCUT2D eigenvalue weighted by Crippen LogP contribution is 2.24. The molecule has 2 rings (SSSR count). The van der Waals surface area contributed by atoms with Gasteiger partial charge in [0.1, 0.15) is 0 Å². The number of likely N-dealkylation sites (tertiary alicyclic amines) is 1. The van der Waals surface area contributed by atoms with Crippen LogP contribution in [0.25, 0.3) is 0 Å². The molecule has 7 heteroatoms. The number of aliphatic hydroxyl groups is 2. The van der Waals surface area contributed by atoms with Gasteiger partial charge in [-0.2, -0.15) is 0 Å². The van der Waals surface area contributed by atoms with Crippen molar-refractivity contribution in [1.82, 2.24) is 4.90 Å². The number of amides is 2. The van der Waals surface area contributed by atoms with Crippen molar-refractivity contribution in [3.8, 4) is 0 Å². The average molecular weight is 270 g/mol. The van der Waals surface area contributed by atoms with Crippen molar-refractivity contribution in [2.24, 2.45) is 0 Å². The van der Waals surface area contributed by atoms with Crippen LogP contribution in [-0.4, -0.2) is 52.2 Å². The number of thiophene rings is 1. The van der Waals surface area contributed by atoms with Crippen LogP contribution in [0.4, 0.5) is 5.00 Å². The van der Waals surface area contributed by atoms with E-state index in [1.54, 1.807) is 12.1 Å². The summed E-state index contributed by atoms with van der Waals surface area (Å²) in [6.45, 7) is 1.66. The fourth-order valence-electron chi connectivity index (χ4n) is 1.78. The number of nitrogens with one attached hydrogen (secondary N) is 1. The Morgan fingerprint density at radius 3 is 2.50 bits per heavy atom. The first kappa shape index (κ1) is 13.0. The normalized spacial score (nSPS) is 23.2. The first-order valence-electron chi connectivity index (χ1n) is 5.50. The van der Waals surface area contributed by atoms with Gasteiger partial charge in [-0.3, -0.25) is 9.59 Å². The van der Waals surface area contributed by atoms with E-state index < -0.39 is 12.2 Å². The highest BCUT2D eigenvalue weighted by Gasteiger charge is 2.33. The van der Waals surface area contributed by atoms with Gasteiger partial charge in [0.25, 0.3) is 5.91 Å². The van der Waals surface area contributed by atoms with Gasteiger partial charge in [0.15, 0.2) is 0 Å². The first-order valence-corrected chi connectivity index (χ1v) is 6.32. The number of anilines is 1. The number of rotatable bonds is 2. The van der Waals surface area contributed by atoms with Gasteiger partial charge >= 0.3 is 0 Å². The van der Waals surface area contributed by atoms with Crippen molar-refractivity contribution < 1.29 is 19.8 Å². The third-order valence-corrected chi connectivity index (χ3v) is 3.65. The summed E-state index contributed by atoms with van der Waals surface area (Å²) >= 11 is 1.17. The first-order chi connectivity index (χ1) is 8.47. The molecule has 0 aliphatic carbocycles. The summed E-state index contributed by atoms with van der Waals surface area (Å²) < 4.78 is 0. The summed E-state index contributed by atoms with van der Waals surface area (Å²) in [4.78, 5) is 24.8. The zero-order valence-corrected chi connectivity index (χ0v) is 10.6. The number of nitrogens with zero attached hydrogens (tertiary/aromatic N) is 1. The molecule has 2 atom stereocenters. The van der Waals surface area contributed by atoms with Gasteiger partial charge in [-0.25, -0.2) is 0 Å². The average Bonchev–Trinajstić information content (AvgIpc) is 2.85. The fourth-order valence-corrected chi connectivity index (χ4v) is 2.70. The molecule has 0 aromatic carbocycles. The summed E-state index contributed by atoms with van der Waals surface area (Å²) in [5.41, 5.74) is 0. The number of aliphatic hydroxyl groups excluding tert-OH is 2. The van der Waals surface area contributed by atoms with Crippen LogP contribution in [0.2, 0.25) is 0 Å². The van der Waals surface area contributed by atoms with Crippen molar-refractivity contribution >= 4 is 28.2 Å². The Hall–Kier alpha value is -1.44. The van der Waals surface area contributed by atoms with Crippen LogP contribution in [0, 0.1) is 0 Å². The van der Waals surface area contributed by atoms with Gasteiger partial charge in [0, 0.05) is 20.0 Å². The molecule has 0 saturated carbocycles. The summed E-state index contributed by atoms with van der Waals surface area (Å²) in [6.07, 6.45) is -1.77. The van der Waals surface area contributed by atoms with Crippen LogP contribution in [0.15, 0.2) is 12.1 Å². The Morgan fingerprint density at radius 1 is 1.33 bits per heavy atom. The Bertz CT molecular complexity index is 463. The fraction of sp³-hybridized carbons (Fsp3) is 0.455. The van der Waals surface area contributed by atoms with E-state index in [4.69, 9.17) is 0 Å². The number of hydrogen-bond acceptors (Lipinski definition) is 5. The minimum Gasteiger partial charge on any atom is -0.388 e. The van der Waals surface area contributed by atoms with E-state index in [0.29, 0.717) is 9.88 Å². The van der Waals surface area contributed by atoms with Crippen LogP contribution in [0.5, 0.6) is 0 Å². The monoisotopic (exact) mass is 270 g/mol. The molecule has 18 heavy (non-hydrogen) atoms. The maximum absolute atomic E-state index is 12.0. The maximum Gasteiger partial charge on any atom is 0.264 e. The molecule has 98 valence electrons. The molecule has 1 saturated heterocycles. The topological polar surface area (TPSA) is 89.9 Å². The zero-order valence-electron chi connectivity index (χ0n) is 9.79. The molecule has 6 nitrogen and oxygen atoms in total. The lowest BCUT2D eigenvalue weighted by molar-refractivity contribution is -0.114. The molecule has 0 spiro atoms. The molecule has 2 amide bonds. The third-order valence-electron chi connectivity index (χ3n) is 2.66. The lowest BCUT2D eigenvalue weighted by Gasteiger charge is -2.13. The summed E-state index contributed by atoms with van der Waals surface area (Å²) in [6, 6.07) is 3.28. The summed E-state index contributed by atoms with van der Waals surface area (Å²) in [5, 5.41) is 22.0. The molecular weight excluding hydrogens is 256 g/mol. The van der Waals surface area contributed by atoms with E-state index in [0.717, 1.165) is 0 Å². The van der Waals surface area contributed by atoms with Crippen LogP contribution < -0.4 is 5.32 Å². The minimum atomic E-state index is -0.885. The van der Waals surface area contributed by atoms with Crippen molar-refractivity contribution in [3.63, 3.8) is 0 Å². The van der Waals surface area contributed by atoms with Crippen LogP contribution in [0.3, 0.4) is 0 Å². The van der Waals surface area contributed by atoms with Crippen molar-refractivity contribution in [2.45, 2.75) is 19.1 Å². The zero-order chi connectivity index (χ0) is 13.3. The van der Waals surface area contributed by atoms with E-state index in [-0.39, 0.29) is 24.9 Å². The highest BCUT2D eigenvalue weighted by molar-refractivity contribution is 7.18. The van der Waals surface area contributed by atoms with Gasteiger partial charge in [-0.1, -0.05) is 0 Å². The van der Waals surface area contributed by atoms with Crippen LogP contribution >= 0.6 is 11.3 Å². The predicted octanol–water partition coefficient (Wildman–Crippen LogP) is -0.116. The number of hydrogen-bond donors (Lipinski definition) is 3. The Morgan fingerprint density at radius 2 is 1.94 bits per heavy atom. The van der Waals surface area contributed by atoms with Crippen molar-refractivity contribution in [3.05, 3.63) is 17.0 Å². The largest absolute Gasteiger partial charge is 0.388 e. The quantitative estimate of drug-likeness (QED) is 0.699. The number of β-amino-alcohol motifs (C(OH)–C–C–N with tert-alkyl or cyclic N) is 2. The number of carbonyl (C=O) groups is 2. The molecule has 1 fully saturated rings. The summed E-state index contributed by atoms with van der Waals surface area (Å²) in [7, 11) is 0. The second kappa shape index (κ2) is 5.05. The predicted molar refractivity (Wildman–Crippen MR) is 66.5 cm³/mol. The number of carbonyl (C=O) groups excluding carboxylic acids is 2. The molecule has 1 aliphatic rings. The van der Waals surface area contributed by atoms with E-state index in [1.165, 1.54) is 23.2 Å². The second-order valence-corrected chi connectivity index (χ2v) is 5.27. The van der Waals surface area contributed by atoms with Gasteiger partial charge < -0.3 is 20.4 Å². The Kier molecular flexibility index (Phi) is 3.65.